The van der Waals surface area contributed by atoms with Crippen LogP contribution in [0.25, 0.3) is 0 Å². The highest BCUT2D eigenvalue weighted by atomic mass is 16.6. The van der Waals surface area contributed by atoms with Crippen molar-refractivity contribution in [2.75, 3.05) is 20.3 Å². The Morgan fingerprint density at radius 3 is 2.00 bits per heavy atom. The van der Waals surface area contributed by atoms with Gasteiger partial charge in [-0.15, -0.1) is 0 Å². The van der Waals surface area contributed by atoms with Gasteiger partial charge in [0.1, 0.15) is 5.75 Å². The van der Waals surface area contributed by atoms with Crippen LogP contribution in [0.3, 0.4) is 0 Å². The summed E-state index contributed by atoms with van der Waals surface area (Å²) in [6, 6.07) is 14.0. The number of amides is 2. The minimum atomic E-state index is -0.486. The molecule has 0 aromatic heterocycles. The normalized spacial score (nSPS) is 20.7. The smallest absolute Gasteiger partial charge is 0.248 e. The molecule has 2 heterocycles. The fourth-order valence-electron chi connectivity index (χ4n) is 3.34. The number of hydrogen-bond acceptors (Lipinski definition) is 6. The summed E-state index contributed by atoms with van der Waals surface area (Å²) in [5, 5.41) is 0. The van der Waals surface area contributed by atoms with Crippen LogP contribution in [-0.4, -0.2) is 44.3 Å². The van der Waals surface area contributed by atoms with Crippen LogP contribution in [0.1, 0.15) is 36.0 Å². The lowest BCUT2D eigenvalue weighted by atomic mass is 10.2. The molecule has 3 fully saturated rings. The number of nitrogens with two attached hydrogens (primary N) is 2. The van der Waals surface area contributed by atoms with Crippen LogP contribution in [0.5, 0.6) is 17.2 Å². The van der Waals surface area contributed by atoms with Gasteiger partial charge in [-0.3, -0.25) is 9.59 Å². The Balaban J connectivity index is 0.000000167. The fraction of sp³-hybridized carbons (Fsp3) is 0.417. The number of carbonyl (C=O) groups excluding carboxylic acids is 2. The second kappa shape index (κ2) is 11.5. The summed E-state index contributed by atoms with van der Waals surface area (Å²) >= 11 is 0. The van der Waals surface area contributed by atoms with E-state index in [1.54, 1.807) is 43.5 Å². The molecule has 3 aliphatic rings. The van der Waals surface area contributed by atoms with Crippen LogP contribution in [-0.2, 0) is 14.3 Å². The molecule has 1 saturated carbocycles. The standard InChI is InChI=1S/C14H13NO3.C6H10O2.C4H7NO/c1-17-12-7-2-3-8-13(12)18-11-6-4-5-10(9-11)14(15)16;1-3-7-6-2-4-8-5(1)6;5-4(6)3-1-2-3/h2-9H,1H3,(H2,15,16);5-6H,1-4H2;3H,1-2H2,(H2,5,6). The molecule has 2 amide bonds. The number of hydrogen-bond donors (Lipinski definition) is 2. The van der Waals surface area contributed by atoms with E-state index >= 15 is 0 Å². The predicted molar refractivity (Wildman–Crippen MR) is 119 cm³/mol. The fourth-order valence-corrected chi connectivity index (χ4v) is 3.34. The lowest BCUT2D eigenvalue weighted by Gasteiger charge is -2.10. The number of rotatable bonds is 5. The molecule has 2 aromatic carbocycles. The third-order valence-corrected chi connectivity index (χ3v) is 5.28. The highest BCUT2D eigenvalue weighted by molar-refractivity contribution is 5.93. The van der Waals surface area contributed by atoms with Crippen molar-refractivity contribution < 1.29 is 28.5 Å². The first kappa shape index (κ1) is 23.6. The minimum absolute atomic E-state index is 0.130. The Kier molecular flexibility index (Phi) is 8.47. The maximum Gasteiger partial charge on any atom is 0.248 e. The maximum atomic E-state index is 11.1. The molecule has 8 heteroatoms. The molecule has 5 rings (SSSR count). The third-order valence-electron chi connectivity index (χ3n) is 5.28. The summed E-state index contributed by atoms with van der Waals surface area (Å²) in [6.45, 7) is 1.82. The molecule has 4 N–H and O–H groups in total. The number of primary amides is 2. The zero-order valence-electron chi connectivity index (χ0n) is 18.2. The van der Waals surface area contributed by atoms with E-state index < -0.39 is 5.91 Å². The highest BCUT2D eigenvalue weighted by Gasteiger charge is 2.33. The first-order valence-electron chi connectivity index (χ1n) is 10.7. The van der Waals surface area contributed by atoms with Crippen LogP contribution in [0, 0.1) is 5.92 Å². The van der Waals surface area contributed by atoms with E-state index in [2.05, 4.69) is 0 Å². The average Bonchev–Trinajstić information content (AvgIpc) is 3.40. The third kappa shape index (κ3) is 6.96. The predicted octanol–water partition coefficient (Wildman–Crippen LogP) is 3.03. The quantitative estimate of drug-likeness (QED) is 0.734. The summed E-state index contributed by atoms with van der Waals surface area (Å²) in [5.74, 6) is 1.37. The Bertz CT molecular complexity index is 895. The van der Waals surface area contributed by atoms with Gasteiger partial charge < -0.3 is 30.4 Å². The molecule has 2 atom stereocenters. The SMILES string of the molecule is C1CC2OCCC2O1.COc1ccccc1Oc1cccc(C(N)=O)c1.NC(=O)C1CC1. The molecule has 2 unspecified atom stereocenters. The number of methoxy groups -OCH3 is 1. The van der Waals surface area contributed by atoms with E-state index in [-0.39, 0.29) is 11.8 Å². The molecule has 32 heavy (non-hydrogen) atoms. The molecule has 8 nitrogen and oxygen atoms in total. The summed E-state index contributed by atoms with van der Waals surface area (Å²) in [6.07, 6.45) is 5.19. The average molecular weight is 443 g/mol. The summed E-state index contributed by atoms with van der Waals surface area (Å²) in [4.78, 5) is 21.1. The van der Waals surface area contributed by atoms with Crippen molar-refractivity contribution in [1.82, 2.24) is 0 Å². The summed E-state index contributed by atoms with van der Waals surface area (Å²) < 4.78 is 21.5. The van der Waals surface area contributed by atoms with Crippen molar-refractivity contribution in [3.8, 4) is 17.2 Å². The Hall–Kier alpha value is -3.10. The van der Waals surface area contributed by atoms with Crippen LogP contribution >= 0.6 is 0 Å². The molecule has 1 aliphatic carbocycles. The lowest BCUT2D eigenvalue weighted by molar-refractivity contribution is -0.119. The van der Waals surface area contributed by atoms with Gasteiger partial charge >= 0.3 is 0 Å². The summed E-state index contributed by atoms with van der Waals surface area (Å²) in [5.41, 5.74) is 10.5. The molecule has 2 saturated heterocycles. The molecular weight excluding hydrogens is 412 g/mol. The zero-order valence-corrected chi connectivity index (χ0v) is 18.2. The molecule has 0 radical (unpaired) electrons. The van der Waals surface area contributed by atoms with Crippen molar-refractivity contribution in [2.45, 2.75) is 37.9 Å². The van der Waals surface area contributed by atoms with E-state index in [1.807, 2.05) is 12.1 Å². The van der Waals surface area contributed by atoms with E-state index in [0.717, 1.165) is 38.9 Å². The minimum Gasteiger partial charge on any atom is -0.493 e. The number of benzene rings is 2. The zero-order chi connectivity index (χ0) is 22.9. The Labute approximate surface area is 187 Å². The number of para-hydroxylation sites is 2. The van der Waals surface area contributed by atoms with Gasteiger partial charge in [0.25, 0.3) is 0 Å². The molecule has 0 bridgehead atoms. The molecule has 0 spiro atoms. The largest absolute Gasteiger partial charge is 0.493 e. The number of fused-ring (bicyclic) bond motifs is 1. The molecule has 2 aromatic rings. The van der Waals surface area contributed by atoms with Crippen LogP contribution in [0.2, 0.25) is 0 Å². The van der Waals surface area contributed by atoms with E-state index in [1.165, 1.54) is 0 Å². The lowest BCUT2D eigenvalue weighted by Crippen LogP contribution is -2.13. The van der Waals surface area contributed by atoms with Gasteiger partial charge in [0.05, 0.1) is 19.3 Å². The monoisotopic (exact) mass is 442 g/mol. The second-order valence-electron chi connectivity index (χ2n) is 7.72. The van der Waals surface area contributed by atoms with Gasteiger partial charge in [0, 0.05) is 24.7 Å². The Morgan fingerprint density at radius 1 is 0.875 bits per heavy atom. The maximum absolute atomic E-state index is 11.1. The van der Waals surface area contributed by atoms with Crippen molar-refractivity contribution in [3.63, 3.8) is 0 Å². The second-order valence-corrected chi connectivity index (χ2v) is 7.72. The van der Waals surface area contributed by atoms with Gasteiger partial charge in [-0.05, 0) is 56.0 Å². The van der Waals surface area contributed by atoms with Crippen molar-refractivity contribution in [3.05, 3.63) is 54.1 Å². The van der Waals surface area contributed by atoms with Gasteiger partial charge in [0.2, 0.25) is 11.8 Å². The van der Waals surface area contributed by atoms with E-state index in [0.29, 0.717) is 35.0 Å². The van der Waals surface area contributed by atoms with Crippen LogP contribution < -0.4 is 20.9 Å². The molecular formula is C24H30N2O6. The van der Waals surface area contributed by atoms with Crippen LogP contribution in [0.15, 0.2) is 48.5 Å². The van der Waals surface area contributed by atoms with E-state index in [9.17, 15) is 9.59 Å². The summed E-state index contributed by atoms with van der Waals surface area (Å²) in [7, 11) is 1.57. The van der Waals surface area contributed by atoms with Crippen molar-refractivity contribution in [1.29, 1.82) is 0 Å². The van der Waals surface area contributed by atoms with Crippen LogP contribution in [0.4, 0.5) is 0 Å². The molecule has 172 valence electrons. The van der Waals surface area contributed by atoms with Gasteiger partial charge in [-0.25, -0.2) is 0 Å². The first-order valence-corrected chi connectivity index (χ1v) is 10.7. The van der Waals surface area contributed by atoms with E-state index in [4.69, 9.17) is 30.4 Å². The Morgan fingerprint density at radius 2 is 1.50 bits per heavy atom. The van der Waals surface area contributed by atoms with Gasteiger partial charge in [-0.2, -0.15) is 0 Å². The number of ether oxygens (including phenoxy) is 4. The topological polar surface area (TPSA) is 123 Å². The highest BCUT2D eigenvalue weighted by Crippen LogP contribution is 2.31. The first-order chi connectivity index (χ1) is 15.5. The van der Waals surface area contributed by atoms with Gasteiger partial charge in [0.15, 0.2) is 11.5 Å². The van der Waals surface area contributed by atoms with Gasteiger partial charge in [-0.1, -0.05) is 18.2 Å². The number of carbonyl (C=O) groups is 2. The molecule has 2 aliphatic heterocycles. The van der Waals surface area contributed by atoms with Crippen molar-refractivity contribution in [2.24, 2.45) is 17.4 Å². The van der Waals surface area contributed by atoms with Crippen molar-refractivity contribution >= 4 is 11.8 Å².